The average Bonchev–Trinajstić information content (AvgIpc) is 1.63. The summed E-state index contributed by atoms with van der Waals surface area (Å²) in [5, 5.41) is 32.8. The van der Waals surface area contributed by atoms with E-state index >= 15 is 0 Å². The number of ether oxygens (including phenoxy) is 1. The number of fused-ring (bicyclic) bond motifs is 11. The number of sulfonamides is 1. The molecule has 7 aromatic heterocycles. The van der Waals surface area contributed by atoms with Crippen LogP contribution >= 0.6 is 11.6 Å². The van der Waals surface area contributed by atoms with E-state index in [1.807, 2.05) is 87.5 Å². The number of H-pyrrole nitrogens is 3. The van der Waals surface area contributed by atoms with E-state index in [1.54, 1.807) is 43.3 Å². The number of halogens is 1. The lowest BCUT2D eigenvalue weighted by atomic mass is 9.91. The van der Waals surface area contributed by atoms with Crippen LogP contribution in [0, 0.1) is 41.5 Å². The number of primary amides is 1. The molecule has 0 fully saturated rings. The fraction of sp³-hybridized carbons (Fsp3) is 0.297. The molecule has 2 amide bonds. The third-order valence-electron chi connectivity index (χ3n) is 21.7. The van der Waals surface area contributed by atoms with Crippen molar-refractivity contribution in [3.05, 3.63) is 259 Å². The molecular formula is C91H99ClN18O7S. The first kappa shape index (κ1) is 81.9. The number of aromatic nitrogens is 11. The number of nitrogens with two attached hydrogens (primary N) is 1. The molecular weight excluding hydrogens is 1520 g/mol. The molecule has 608 valence electrons. The van der Waals surface area contributed by atoms with Gasteiger partial charge in [0.25, 0.3) is 10.0 Å². The van der Waals surface area contributed by atoms with Gasteiger partial charge in [-0.25, -0.2) is 47.2 Å². The van der Waals surface area contributed by atoms with Gasteiger partial charge in [-0.2, -0.15) is 0 Å². The van der Waals surface area contributed by atoms with E-state index in [0.29, 0.717) is 75.3 Å². The Morgan fingerprint density at radius 2 is 1.10 bits per heavy atom. The molecule has 18 rings (SSSR count). The number of aryl methyl sites for hydroxylation is 9. The normalized spacial score (nSPS) is 14.3. The molecule has 118 heavy (non-hydrogen) atoms. The molecule has 0 spiro atoms. The van der Waals surface area contributed by atoms with Gasteiger partial charge in [-0.3, -0.25) is 4.72 Å². The summed E-state index contributed by atoms with van der Waals surface area (Å²) >= 11 is 5.97. The number of hydrogen-bond acceptors (Lipinski definition) is 19. The van der Waals surface area contributed by atoms with Crippen LogP contribution in [0.5, 0.6) is 0 Å². The van der Waals surface area contributed by atoms with Gasteiger partial charge in [0.15, 0.2) is 17.5 Å². The van der Waals surface area contributed by atoms with Crippen molar-refractivity contribution in [1.29, 1.82) is 0 Å². The molecule has 15 aromatic rings. The van der Waals surface area contributed by atoms with Gasteiger partial charge < -0.3 is 51.6 Å². The molecule has 0 radical (unpaired) electrons. The minimum absolute atomic E-state index is 0.0268. The van der Waals surface area contributed by atoms with Crippen LogP contribution in [0.25, 0.3) is 55.3 Å². The van der Waals surface area contributed by atoms with E-state index < -0.39 is 16.1 Å². The topological polar surface area (TPSA) is 344 Å². The van der Waals surface area contributed by atoms with Crippen LogP contribution in [0.2, 0.25) is 5.02 Å². The molecule has 25 nitrogen and oxygen atoms in total. The number of benzene rings is 8. The summed E-state index contributed by atoms with van der Waals surface area (Å²) in [4.78, 5) is 53.9. The van der Waals surface area contributed by atoms with E-state index in [1.165, 1.54) is 104 Å². The van der Waals surface area contributed by atoms with Crippen molar-refractivity contribution in [3.63, 3.8) is 0 Å². The van der Waals surface area contributed by atoms with E-state index in [2.05, 4.69) is 188 Å². The van der Waals surface area contributed by atoms with Crippen molar-refractivity contribution in [2.45, 2.75) is 163 Å². The first-order valence-corrected chi connectivity index (χ1v) is 42.2. The first-order chi connectivity index (χ1) is 57.1. The SMILES string of the molecule is CCOC(=O)c1ccc(Nc2nc3nonc3nc2N(CC)CC)cc1.Cc1ccc(Cc2nc3nonc3nc2Nc2cccc(C)c2C)cc1.Cc1ccc2[nH]c3c(c2c1)CCCC3NC(N)=O.Cc1ccc2[nH]c3c(c2c1)CCCC3Nc1ccc(Cl)cc1.Cc1cccc(NS(=O)(=O)c2ccc3[nH]c4c(c3c2)CCCCCC4)c1. The lowest BCUT2D eigenvalue weighted by Gasteiger charge is -2.25. The minimum atomic E-state index is -3.61. The van der Waals surface area contributed by atoms with Gasteiger partial charge in [0.1, 0.15) is 0 Å². The molecule has 0 saturated carbocycles. The standard InChI is InChI=1S/C21H24N2O2S.C20H19N5O.C19H19ClN2.C17H20N6O3.C14H17N3O/c1-15-7-6-8-16(13-15)23-26(24,25)17-11-12-21-19(14-17)18-9-4-2-3-5-10-20(18)22-21;1-12-7-9-15(10-8-12)11-17-18(23-20-19(22-17)24-26-25-20)21-16-6-4-5-13(2)14(16)3;1-12-5-10-17-16(11-12)15-3-2-4-18(19(15)22-17)21-14-8-6-13(20)7-9-14;1-4-23(5-2)16-15(19-13-14(20-16)22-26-21-13)18-12-9-7-11(8-10-12)17(24)25-6-3;1-8-5-6-11-10(7-8)9-3-2-4-12(13(9)16-11)17-14(15)18/h6-8,11-14,22-23H,2-5,9-10H2,1H3;4-10H,11H2,1-3H3,(H,21,23,25);5-11,18,21-22H,2-4H2,1H3;7-10H,4-6H2,1-3H3,(H,18,19,21);5-7,12,16H,2-4H2,1H3,(H3,15,17,18). The van der Waals surface area contributed by atoms with E-state index in [4.69, 9.17) is 31.3 Å². The fourth-order valence-electron chi connectivity index (χ4n) is 15.5. The van der Waals surface area contributed by atoms with Gasteiger partial charge in [-0.15, -0.1) is 0 Å². The lowest BCUT2D eigenvalue weighted by molar-refractivity contribution is 0.0526. The highest BCUT2D eigenvalue weighted by Crippen LogP contribution is 2.39. The van der Waals surface area contributed by atoms with Crippen LogP contribution in [0.4, 0.5) is 45.0 Å². The van der Waals surface area contributed by atoms with Gasteiger partial charge in [-0.05, 0) is 295 Å². The maximum absolute atomic E-state index is 12.8. The second-order valence-electron chi connectivity index (χ2n) is 30.2. The van der Waals surface area contributed by atoms with Crippen LogP contribution in [-0.4, -0.2) is 95.6 Å². The molecule has 27 heteroatoms. The Bertz CT molecular complexity index is 6170. The predicted molar refractivity (Wildman–Crippen MR) is 469 cm³/mol. The Kier molecular flexibility index (Phi) is 25.7. The summed E-state index contributed by atoms with van der Waals surface area (Å²) in [5.74, 6) is 1.52. The van der Waals surface area contributed by atoms with E-state index in [-0.39, 0.29) is 12.0 Å². The van der Waals surface area contributed by atoms with E-state index in [9.17, 15) is 18.0 Å². The third-order valence-corrected chi connectivity index (χ3v) is 23.4. The molecule has 3 aliphatic rings. The van der Waals surface area contributed by atoms with Crippen LogP contribution < -0.4 is 36.6 Å². The maximum Gasteiger partial charge on any atom is 0.338 e. The highest BCUT2D eigenvalue weighted by atomic mass is 35.5. The highest BCUT2D eigenvalue weighted by molar-refractivity contribution is 7.92. The van der Waals surface area contributed by atoms with Crippen LogP contribution in [-0.2, 0) is 46.9 Å². The van der Waals surface area contributed by atoms with Crippen LogP contribution in [0.15, 0.2) is 184 Å². The second kappa shape index (κ2) is 37.1. The van der Waals surface area contributed by atoms with Gasteiger partial charge in [0.05, 0.1) is 34.8 Å². The molecule has 0 saturated heterocycles. The smallest absolute Gasteiger partial charge is 0.338 e. The first-order valence-electron chi connectivity index (χ1n) is 40.3. The summed E-state index contributed by atoms with van der Waals surface area (Å²) in [7, 11) is -3.61. The van der Waals surface area contributed by atoms with Crippen molar-refractivity contribution >= 4 is 129 Å². The molecule has 2 unspecified atom stereocenters. The number of anilines is 7. The van der Waals surface area contributed by atoms with Gasteiger partial charge >= 0.3 is 12.0 Å². The van der Waals surface area contributed by atoms with Gasteiger partial charge in [0, 0.05) is 97.1 Å². The quantitative estimate of drug-likeness (QED) is 0.0382. The van der Waals surface area contributed by atoms with Crippen molar-refractivity contribution in [2.75, 3.05) is 45.3 Å². The number of rotatable bonds is 17. The fourth-order valence-corrected chi connectivity index (χ4v) is 16.7. The molecule has 2 atom stereocenters. The number of aromatic amines is 3. The molecule has 7 heterocycles. The maximum atomic E-state index is 12.8. The van der Waals surface area contributed by atoms with Crippen molar-refractivity contribution in [1.82, 2.24) is 60.8 Å². The Morgan fingerprint density at radius 3 is 1.75 bits per heavy atom. The summed E-state index contributed by atoms with van der Waals surface area (Å²) < 4.78 is 42.9. The number of hydrogen-bond donors (Lipinski definition) is 9. The molecule has 8 aromatic carbocycles. The molecule has 0 aliphatic heterocycles. The Labute approximate surface area is 690 Å². The number of esters is 1. The summed E-state index contributed by atoms with van der Waals surface area (Å²) in [6, 6.07) is 55.2. The molecule has 0 bridgehead atoms. The Morgan fingerprint density at radius 1 is 0.542 bits per heavy atom. The monoisotopic (exact) mass is 1620 g/mol. The summed E-state index contributed by atoms with van der Waals surface area (Å²) in [6.07, 6.45) is 14.2. The number of carbonyl (C=O) groups excluding carboxylic acids is 2. The van der Waals surface area contributed by atoms with Crippen molar-refractivity contribution < 1.29 is 32.0 Å². The minimum Gasteiger partial charge on any atom is -0.462 e. The van der Waals surface area contributed by atoms with Crippen LogP contribution in [0.3, 0.4) is 0 Å². The number of nitrogens with zero attached hydrogens (tertiary/aromatic N) is 9. The number of nitrogens with one attached hydrogen (secondary N) is 8. The average molecular weight is 1620 g/mol. The van der Waals surface area contributed by atoms with Crippen molar-refractivity contribution in [2.24, 2.45) is 5.73 Å². The van der Waals surface area contributed by atoms with Gasteiger partial charge in [0.2, 0.25) is 22.6 Å². The van der Waals surface area contributed by atoms with Crippen LogP contribution in [0.1, 0.15) is 173 Å². The highest BCUT2D eigenvalue weighted by Gasteiger charge is 2.28. The zero-order chi connectivity index (χ0) is 82.6. The Balaban J connectivity index is 0.000000122. The van der Waals surface area contributed by atoms with Gasteiger partial charge in [-0.1, -0.05) is 102 Å². The largest absolute Gasteiger partial charge is 0.462 e. The molecule has 3 aliphatic carbocycles. The molecule has 10 N–H and O–H groups in total. The lowest BCUT2D eigenvalue weighted by Crippen LogP contribution is -2.34. The predicted octanol–water partition coefficient (Wildman–Crippen LogP) is 20.1. The summed E-state index contributed by atoms with van der Waals surface area (Å²) in [6.45, 7) is 20.2. The zero-order valence-electron chi connectivity index (χ0n) is 67.9. The number of urea groups is 1. The second-order valence-corrected chi connectivity index (χ2v) is 32.3. The van der Waals surface area contributed by atoms with E-state index in [0.717, 1.165) is 119 Å². The van der Waals surface area contributed by atoms with Crippen molar-refractivity contribution in [3.8, 4) is 0 Å². The zero-order valence-corrected chi connectivity index (χ0v) is 69.5. The third kappa shape index (κ3) is 19.5. The number of amides is 2. The summed E-state index contributed by atoms with van der Waals surface area (Å²) in [5.41, 5.74) is 31.2. The number of carbonyl (C=O) groups is 2. The Hall–Kier alpha value is -12.7.